The van der Waals surface area contributed by atoms with Crippen molar-refractivity contribution < 1.29 is 9.18 Å². The fraction of sp³-hybridized carbons (Fsp3) is 0.111. The number of fused-ring (bicyclic) bond motifs is 1. The molecule has 2 aromatic heterocycles. The Morgan fingerprint density at radius 3 is 2.85 bits per heavy atom. The Kier molecular flexibility index (Phi) is 3.92. The molecule has 0 saturated heterocycles. The van der Waals surface area contributed by atoms with Crippen LogP contribution in [0.2, 0.25) is 0 Å². The third kappa shape index (κ3) is 3.04. The number of hydrogen-bond donors (Lipinski definition) is 2. The van der Waals surface area contributed by atoms with E-state index >= 15 is 0 Å². The second-order valence-corrected chi connectivity index (χ2v) is 5.94. The van der Waals surface area contributed by atoms with Crippen LogP contribution < -0.4 is 5.73 Å². The SMILES string of the molecule is NC(=O)c1ccc(Cn2nnc(Cc3c[nH]c4ccccc34)n2)c(F)c1. The van der Waals surface area contributed by atoms with Gasteiger partial charge >= 0.3 is 0 Å². The number of aromatic nitrogens is 5. The van der Waals surface area contributed by atoms with Gasteiger partial charge in [0.05, 0.1) is 6.54 Å². The number of halogens is 1. The maximum Gasteiger partial charge on any atom is 0.248 e. The van der Waals surface area contributed by atoms with Gasteiger partial charge in [0.2, 0.25) is 5.91 Å². The number of nitrogens with two attached hydrogens (primary N) is 1. The van der Waals surface area contributed by atoms with E-state index in [1.54, 1.807) is 0 Å². The van der Waals surface area contributed by atoms with Gasteiger partial charge in [0.15, 0.2) is 5.82 Å². The van der Waals surface area contributed by atoms with Crippen LogP contribution in [0.3, 0.4) is 0 Å². The summed E-state index contributed by atoms with van der Waals surface area (Å²) in [6, 6.07) is 12.1. The van der Waals surface area contributed by atoms with Crippen molar-refractivity contribution in [1.82, 2.24) is 25.2 Å². The predicted molar refractivity (Wildman–Crippen MR) is 92.9 cm³/mol. The maximum atomic E-state index is 14.1. The zero-order valence-corrected chi connectivity index (χ0v) is 13.7. The van der Waals surface area contributed by atoms with E-state index in [1.165, 1.54) is 16.9 Å². The van der Waals surface area contributed by atoms with Crippen molar-refractivity contribution in [3.63, 3.8) is 0 Å². The highest BCUT2D eigenvalue weighted by molar-refractivity contribution is 5.92. The predicted octanol–water partition coefficient (Wildman–Crippen LogP) is 2.03. The largest absolute Gasteiger partial charge is 0.366 e. The average molecular weight is 350 g/mol. The van der Waals surface area contributed by atoms with E-state index in [0.717, 1.165) is 22.5 Å². The number of aromatic amines is 1. The molecular weight excluding hydrogens is 335 g/mol. The van der Waals surface area contributed by atoms with Gasteiger partial charge in [-0.25, -0.2) is 4.39 Å². The van der Waals surface area contributed by atoms with Crippen molar-refractivity contribution in [1.29, 1.82) is 0 Å². The van der Waals surface area contributed by atoms with Crippen molar-refractivity contribution >= 4 is 16.8 Å². The number of benzene rings is 2. The lowest BCUT2D eigenvalue weighted by Crippen LogP contribution is -2.12. The third-order valence-corrected chi connectivity index (χ3v) is 4.17. The third-order valence-electron chi connectivity index (χ3n) is 4.17. The first kappa shape index (κ1) is 15.9. The summed E-state index contributed by atoms with van der Waals surface area (Å²) in [6.07, 6.45) is 2.45. The second-order valence-electron chi connectivity index (χ2n) is 5.94. The van der Waals surface area contributed by atoms with E-state index < -0.39 is 11.7 Å². The molecule has 0 unspecified atom stereocenters. The van der Waals surface area contributed by atoms with Crippen molar-refractivity contribution in [3.8, 4) is 0 Å². The standard InChI is InChI=1S/C18H15FN6O/c19-15-7-11(18(20)26)5-6-12(15)10-25-23-17(22-24-25)8-13-9-21-16-4-2-1-3-14(13)16/h1-7,9,21H,8,10H2,(H2,20,26). The monoisotopic (exact) mass is 350 g/mol. The fourth-order valence-electron chi connectivity index (χ4n) is 2.84. The summed E-state index contributed by atoms with van der Waals surface area (Å²) in [5, 5.41) is 13.4. The highest BCUT2D eigenvalue weighted by atomic mass is 19.1. The average Bonchev–Trinajstić information content (AvgIpc) is 3.24. The molecule has 130 valence electrons. The number of tetrazole rings is 1. The molecule has 4 rings (SSSR count). The van der Waals surface area contributed by atoms with E-state index in [0.29, 0.717) is 17.8 Å². The number of H-pyrrole nitrogens is 1. The van der Waals surface area contributed by atoms with E-state index in [4.69, 9.17) is 5.73 Å². The van der Waals surface area contributed by atoms with E-state index in [1.807, 2.05) is 30.5 Å². The van der Waals surface area contributed by atoms with Gasteiger partial charge in [-0.05, 0) is 29.0 Å². The second kappa shape index (κ2) is 6.40. The number of rotatable bonds is 5. The molecule has 0 aliphatic heterocycles. The van der Waals surface area contributed by atoms with Crippen molar-refractivity contribution in [2.75, 3.05) is 0 Å². The van der Waals surface area contributed by atoms with Crippen molar-refractivity contribution in [2.45, 2.75) is 13.0 Å². The summed E-state index contributed by atoms with van der Waals surface area (Å²) in [5.74, 6) is -0.656. The Bertz CT molecular complexity index is 1100. The minimum Gasteiger partial charge on any atom is -0.366 e. The van der Waals surface area contributed by atoms with Crippen molar-refractivity contribution in [2.24, 2.45) is 5.73 Å². The van der Waals surface area contributed by atoms with Gasteiger partial charge in [0, 0.05) is 34.6 Å². The van der Waals surface area contributed by atoms with Gasteiger partial charge in [0.25, 0.3) is 0 Å². The molecule has 0 saturated carbocycles. The van der Waals surface area contributed by atoms with Crippen LogP contribution in [0.1, 0.15) is 27.3 Å². The number of amides is 1. The number of carbonyl (C=O) groups is 1. The fourth-order valence-corrected chi connectivity index (χ4v) is 2.84. The molecule has 1 amide bonds. The van der Waals surface area contributed by atoms with Crippen LogP contribution in [0.5, 0.6) is 0 Å². The molecule has 0 fully saturated rings. The molecule has 2 aromatic carbocycles. The summed E-state index contributed by atoms with van der Waals surface area (Å²) in [4.78, 5) is 15.6. The molecule has 7 nitrogen and oxygen atoms in total. The highest BCUT2D eigenvalue weighted by Crippen LogP contribution is 2.19. The van der Waals surface area contributed by atoms with Crippen LogP contribution in [0.4, 0.5) is 4.39 Å². The highest BCUT2D eigenvalue weighted by Gasteiger charge is 2.11. The lowest BCUT2D eigenvalue weighted by Gasteiger charge is -2.03. The van der Waals surface area contributed by atoms with Crippen LogP contribution in [-0.2, 0) is 13.0 Å². The normalized spacial score (nSPS) is 11.1. The van der Waals surface area contributed by atoms with Crippen LogP contribution in [0.15, 0.2) is 48.7 Å². The molecule has 0 aliphatic carbocycles. The summed E-state index contributed by atoms with van der Waals surface area (Å²) < 4.78 is 14.1. The summed E-state index contributed by atoms with van der Waals surface area (Å²) in [6.45, 7) is 0.117. The van der Waals surface area contributed by atoms with E-state index in [9.17, 15) is 9.18 Å². The smallest absolute Gasteiger partial charge is 0.248 e. The minimum absolute atomic E-state index is 0.117. The lowest BCUT2D eigenvalue weighted by atomic mass is 10.1. The van der Waals surface area contributed by atoms with Gasteiger partial charge in [-0.1, -0.05) is 24.3 Å². The Morgan fingerprint density at radius 2 is 2.04 bits per heavy atom. The summed E-state index contributed by atoms with van der Waals surface area (Å²) >= 11 is 0. The van der Waals surface area contributed by atoms with Crippen LogP contribution in [0.25, 0.3) is 10.9 Å². The van der Waals surface area contributed by atoms with Gasteiger partial charge in [-0.3, -0.25) is 4.79 Å². The first-order chi connectivity index (χ1) is 12.6. The quantitative estimate of drug-likeness (QED) is 0.575. The molecule has 0 spiro atoms. The van der Waals surface area contributed by atoms with Crippen molar-refractivity contribution in [3.05, 3.63) is 77.0 Å². The van der Waals surface area contributed by atoms with Gasteiger partial charge < -0.3 is 10.7 Å². The molecule has 26 heavy (non-hydrogen) atoms. The molecule has 3 N–H and O–H groups in total. The van der Waals surface area contributed by atoms with Gasteiger partial charge in [-0.2, -0.15) is 4.80 Å². The molecule has 0 atom stereocenters. The summed E-state index contributed by atoms with van der Waals surface area (Å²) in [5.41, 5.74) is 7.73. The topological polar surface area (TPSA) is 102 Å². The number of para-hydroxylation sites is 1. The molecule has 0 bridgehead atoms. The molecule has 0 radical (unpaired) electrons. The number of nitrogens with zero attached hydrogens (tertiary/aromatic N) is 4. The Morgan fingerprint density at radius 1 is 1.19 bits per heavy atom. The maximum absolute atomic E-state index is 14.1. The van der Waals surface area contributed by atoms with Crippen LogP contribution >= 0.6 is 0 Å². The minimum atomic E-state index is -0.671. The van der Waals surface area contributed by atoms with E-state index in [2.05, 4.69) is 20.4 Å². The van der Waals surface area contributed by atoms with Gasteiger partial charge in [0.1, 0.15) is 5.82 Å². The molecular formula is C18H15FN6O. The Hall–Kier alpha value is -3.55. The number of nitrogens with one attached hydrogen (secondary N) is 1. The Labute approximate surface area is 147 Å². The van der Waals surface area contributed by atoms with Crippen LogP contribution in [0, 0.1) is 5.82 Å². The van der Waals surface area contributed by atoms with Crippen LogP contribution in [-0.4, -0.2) is 31.1 Å². The van der Waals surface area contributed by atoms with E-state index in [-0.39, 0.29) is 12.1 Å². The Balaban J connectivity index is 1.52. The lowest BCUT2D eigenvalue weighted by molar-refractivity contribution is 0.1000. The molecule has 4 aromatic rings. The number of primary amides is 1. The molecule has 2 heterocycles. The molecule has 0 aliphatic rings. The first-order valence-electron chi connectivity index (χ1n) is 8.00. The summed E-state index contributed by atoms with van der Waals surface area (Å²) in [7, 11) is 0. The number of hydrogen-bond acceptors (Lipinski definition) is 4. The van der Waals surface area contributed by atoms with Gasteiger partial charge in [-0.15, -0.1) is 10.2 Å². The zero-order valence-electron chi connectivity index (χ0n) is 13.7. The number of carbonyl (C=O) groups excluding carboxylic acids is 1. The molecule has 8 heteroatoms. The zero-order chi connectivity index (χ0) is 18.1. The first-order valence-corrected chi connectivity index (χ1v) is 8.00.